The van der Waals surface area contributed by atoms with E-state index in [-0.39, 0.29) is 0 Å². The predicted octanol–water partition coefficient (Wildman–Crippen LogP) is 4.55. The Bertz CT molecular complexity index is 671. The average Bonchev–Trinajstić information content (AvgIpc) is 3.12. The van der Waals surface area contributed by atoms with Crippen LogP contribution in [0, 0.1) is 0 Å². The summed E-state index contributed by atoms with van der Waals surface area (Å²) in [4.78, 5) is 9.89. The Hall–Kier alpha value is -1.17. The van der Waals surface area contributed by atoms with E-state index in [0.717, 1.165) is 41.4 Å². The number of rotatable bonds is 4. The maximum absolute atomic E-state index is 5.68. The lowest BCUT2D eigenvalue weighted by molar-refractivity contribution is 0.0749. The van der Waals surface area contributed by atoms with Gasteiger partial charge in [-0.05, 0) is 37.1 Å². The van der Waals surface area contributed by atoms with E-state index in [9.17, 15) is 0 Å². The summed E-state index contributed by atoms with van der Waals surface area (Å²) >= 11 is 3.46. The topological polar surface area (TPSA) is 32.5 Å². The van der Waals surface area contributed by atoms with Crippen molar-refractivity contribution in [3.05, 3.63) is 40.7 Å². The van der Waals surface area contributed by atoms with Crippen LogP contribution in [0.15, 0.2) is 39.4 Å². The van der Waals surface area contributed by atoms with Crippen molar-refractivity contribution in [3.8, 4) is 11.5 Å². The van der Waals surface area contributed by atoms with E-state index in [1.54, 1.807) is 0 Å². The summed E-state index contributed by atoms with van der Waals surface area (Å²) in [6.45, 7) is 5.55. The molecule has 1 aromatic heterocycles. The number of hydrogen-bond acceptors (Lipinski definition) is 4. The van der Waals surface area contributed by atoms with Crippen LogP contribution >= 0.6 is 15.9 Å². The predicted molar refractivity (Wildman–Crippen MR) is 103 cm³/mol. The third-order valence-electron chi connectivity index (χ3n) is 5.53. The van der Waals surface area contributed by atoms with Crippen molar-refractivity contribution in [1.29, 1.82) is 0 Å². The second-order valence-electron chi connectivity index (χ2n) is 7.25. The molecule has 134 valence electrons. The lowest BCUT2D eigenvalue weighted by Gasteiger charge is -2.40. The quantitative estimate of drug-likeness (QED) is 0.748. The molecule has 2 aliphatic rings. The highest BCUT2D eigenvalue weighted by molar-refractivity contribution is 9.10. The number of benzene rings is 1. The fourth-order valence-corrected chi connectivity index (χ4v) is 4.33. The maximum atomic E-state index is 5.68. The molecule has 4 rings (SSSR count). The minimum absolute atomic E-state index is 0.711. The van der Waals surface area contributed by atoms with E-state index in [1.807, 2.05) is 30.5 Å². The van der Waals surface area contributed by atoms with Crippen LogP contribution in [-0.4, -0.2) is 47.0 Å². The molecule has 4 nitrogen and oxygen atoms in total. The Morgan fingerprint density at radius 3 is 2.44 bits per heavy atom. The highest BCUT2D eigenvalue weighted by atomic mass is 79.9. The van der Waals surface area contributed by atoms with Crippen LogP contribution in [0.3, 0.4) is 0 Å². The van der Waals surface area contributed by atoms with Gasteiger partial charge in [-0.25, -0.2) is 4.98 Å². The largest absolute Gasteiger partial charge is 0.444 e. The van der Waals surface area contributed by atoms with Gasteiger partial charge in [0.15, 0.2) is 0 Å². The Morgan fingerprint density at radius 2 is 1.72 bits per heavy atom. The van der Waals surface area contributed by atoms with Gasteiger partial charge in [-0.15, -0.1) is 0 Å². The first-order valence-corrected chi connectivity index (χ1v) is 10.2. The summed E-state index contributed by atoms with van der Waals surface area (Å²) in [6.07, 6.45) is 8.89. The van der Waals surface area contributed by atoms with Crippen molar-refractivity contribution in [3.63, 3.8) is 0 Å². The second kappa shape index (κ2) is 8.02. The van der Waals surface area contributed by atoms with E-state index in [0.29, 0.717) is 5.89 Å². The van der Waals surface area contributed by atoms with Crippen molar-refractivity contribution < 1.29 is 4.42 Å². The van der Waals surface area contributed by atoms with Gasteiger partial charge in [0.1, 0.15) is 6.26 Å². The van der Waals surface area contributed by atoms with Gasteiger partial charge in [0, 0.05) is 48.8 Å². The fraction of sp³-hybridized carbons (Fsp3) is 0.550. The van der Waals surface area contributed by atoms with Crippen LogP contribution < -0.4 is 0 Å². The van der Waals surface area contributed by atoms with Crippen LogP contribution in [0.4, 0.5) is 0 Å². The molecule has 2 fully saturated rings. The molecule has 1 aliphatic carbocycles. The van der Waals surface area contributed by atoms with Gasteiger partial charge in [-0.1, -0.05) is 35.2 Å². The highest BCUT2D eigenvalue weighted by Crippen LogP contribution is 2.24. The van der Waals surface area contributed by atoms with Crippen molar-refractivity contribution in [2.24, 2.45) is 0 Å². The lowest BCUT2D eigenvalue weighted by atomic mass is 9.94. The summed E-state index contributed by atoms with van der Waals surface area (Å²) in [5, 5.41) is 0. The van der Waals surface area contributed by atoms with E-state index in [2.05, 4.69) is 30.7 Å². The molecule has 0 N–H and O–H groups in total. The Kier molecular flexibility index (Phi) is 5.54. The standard InChI is InChI=1S/C20H26BrN3O/c21-17-8-6-16(7-9-17)20-22-18(15-25-20)14-23-10-12-24(13-11-23)19-4-2-1-3-5-19/h6-9,15,19H,1-5,10-14H2. The second-order valence-corrected chi connectivity index (χ2v) is 8.17. The van der Waals surface area contributed by atoms with Gasteiger partial charge in [0.05, 0.1) is 5.69 Å². The maximum Gasteiger partial charge on any atom is 0.226 e. The van der Waals surface area contributed by atoms with E-state index >= 15 is 0 Å². The van der Waals surface area contributed by atoms with Crippen LogP contribution in [0.5, 0.6) is 0 Å². The number of aromatic nitrogens is 1. The van der Waals surface area contributed by atoms with E-state index < -0.39 is 0 Å². The fourth-order valence-electron chi connectivity index (χ4n) is 4.07. The molecule has 25 heavy (non-hydrogen) atoms. The summed E-state index contributed by atoms with van der Waals surface area (Å²) in [6, 6.07) is 8.94. The van der Waals surface area contributed by atoms with Crippen molar-refractivity contribution in [1.82, 2.24) is 14.8 Å². The van der Waals surface area contributed by atoms with E-state index in [4.69, 9.17) is 4.42 Å². The molecule has 2 aromatic rings. The first-order chi connectivity index (χ1) is 12.3. The molecule has 0 unspecified atom stereocenters. The first-order valence-electron chi connectivity index (χ1n) is 9.45. The third kappa shape index (κ3) is 4.33. The number of halogens is 1. The first kappa shape index (κ1) is 17.3. The Balaban J connectivity index is 1.31. The van der Waals surface area contributed by atoms with Gasteiger partial charge in [0.25, 0.3) is 0 Å². The molecule has 1 saturated carbocycles. The van der Waals surface area contributed by atoms with Crippen molar-refractivity contribution in [2.75, 3.05) is 26.2 Å². The van der Waals surface area contributed by atoms with Gasteiger partial charge in [-0.3, -0.25) is 9.80 Å². The average molecular weight is 404 g/mol. The molecule has 1 aliphatic heterocycles. The molecule has 5 heteroatoms. The van der Waals surface area contributed by atoms with Crippen LogP contribution in [-0.2, 0) is 6.54 Å². The van der Waals surface area contributed by atoms with Crippen LogP contribution in [0.1, 0.15) is 37.8 Å². The normalized spacial score (nSPS) is 20.8. The number of oxazole rings is 1. The van der Waals surface area contributed by atoms with Crippen LogP contribution in [0.25, 0.3) is 11.5 Å². The van der Waals surface area contributed by atoms with Crippen LogP contribution in [0.2, 0.25) is 0 Å². The molecular weight excluding hydrogens is 378 g/mol. The molecule has 0 amide bonds. The zero-order valence-corrected chi connectivity index (χ0v) is 16.2. The zero-order valence-electron chi connectivity index (χ0n) is 14.7. The van der Waals surface area contributed by atoms with Crippen molar-refractivity contribution in [2.45, 2.75) is 44.7 Å². The summed E-state index contributed by atoms with van der Waals surface area (Å²) in [5.41, 5.74) is 2.06. The minimum atomic E-state index is 0.711. The van der Waals surface area contributed by atoms with Gasteiger partial charge >= 0.3 is 0 Å². The molecular formula is C20H26BrN3O. The van der Waals surface area contributed by atoms with Crippen molar-refractivity contribution >= 4 is 15.9 Å². The number of piperazine rings is 1. The molecule has 0 bridgehead atoms. The number of nitrogens with zero attached hydrogens (tertiary/aromatic N) is 3. The molecule has 1 saturated heterocycles. The Morgan fingerprint density at radius 1 is 1.00 bits per heavy atom. The van der Waals surface area contributed by atoms with E-state index in [1.165, 1.54) is 45.2 Å². The molecule has 0 radical (unpaired) electrons. The third-order valence-corrected chi connectivity index (χ3v) is 6.06. The Labute approximate surface area is 158 Å². The molecule has 0 atom stereocenters. The highest BCUT2D eigenvalue weighted by Gasteiger charge is 2.25. The monoisotopic (exact) mass is 403 g/mol. The number of hydrogen-bond donors (Lipinski definition) is 0. The van der Waals surface area contributed by atoms with Gasteiger partial charge in [-0.2, -0.15) is 0 Å². The smallest absolute Gasteiger partial charge is 0.226 e. The molecule has 2 heterocycles. The minimum Gasteiger partial charge on any atom is -0.444 e. The SMILES string of the molecule is Brc1ccc(-c2nc(CN3CCN(C4CCCCC4)CC3)co2)cc1. The zero-order chi connectivity index (χ0) is 17.1. The lowest BCUT2D eigenvalue weighted by Crippen LogP contribution is -2.50. The summed E-state index contributed by atoms with van der Waals surface area (Å²) in [5.74, 6) is 0.711. The molecule has 1 aromatic carbocycles. The van der Waals surface area contributed by atoms with Gasteiger partial charge in [0.2, 0.25) is 5.89 Å². The van der Waals surface area contributed by atoms with Gasteiger partial charge < -0.3 is 4.42 Å². The summed E-state index contributed by atoms with van der Waals surface area (Å²) in [7, 11) is 0. The molecule has 0 spiro atoms. The summed E-state index contributed by atoms with van der Waals surface area (Å²) < 4.78 is 6.75.